The Kier molecular flexibility index (Phi) is 6.44. The first-order chi connectivity index (χ1) is 16.9. The van der Waals surface area contributed by atoms with Gasteiger partial charge in [0.2, 0.25) is 0 Å². The molecular weight excluding hydrogens is 469 g/mol. The number of halogens is 2. The summed E-state index contributed by atoms with van der Waals surface area (Å²) in [7, 11) is 2.17. The molecule has 0 radical (unpaired) electrons. The molecule has 2 bridgehead atoms. The molecule has 0 spiro atoms. The van der Waals surface area contributed by atoms with Crippen LogP contribution < -0.4 is 4.74 Å². The van der Waals surface area contributed by atoms with Gasteiger partial charge in [-0.15, -0.1) is 0 Å². The Labute approximate surface area is 209 Å². The summed E-state index contributed by atoms with van der Waals surface area (Å²) in [6.45, 7) is 6.64. The molecule has 0 saturated carbocycles. The van der Waals surface area contributed by atoms with Gasteiger partial charge >= 0.3 is 0 Å². The molecule has 3 aliphatic rings. The van der Waals surface area contributed by atoms with Crippen LogP contribution in [0.3, 0.4) is 0 Å². The largest absolute Gasteiger partial charge is 0.489 e. The van der Waals surface area contributed by atoms with E-state index < -0.39 is 5.82 Å². The Morgan fingerprint density at radius 3 is 2.60 bits per heavy atom. The first-order valence-corrected chi connectivity index (χ1v) is 12.8. The van der Waals surface area contributed by atoms with Crippen LogP contribution >= 0.6 is 11.6 Å². The zero-order chi connectivity index (χ0) is 24.9. The summed E-state index contributed by atoms with van der Waals surface area (Å²) in [5, 5.41) is 5.17. The SMILES string of the molecule is CC.Cc1c(Cl)cnc2c3c(nn12)CN(C(=O)c1ccc(F)cc1OC1C[C@H]2CC[C@@H](C1)N2C)C3. The van der Waals surface area contributed by atoms with Crippen LogP contribution in [-0.4, -0.2) is 55.5 Å². The summed E-state index contributed by atoms with van der Waals surface area (Å²) in [4.78, 5) is 22.0. The first-order valence-electron chi connectivity index (χ1n) is 12.4. The Morgan fingerprint density at radius 1 is 1.17 bits per heavy atom. The number of rotatable bonds is 3. The van der Waals surface area contributed by atoms with Crippen LogP contribution in [0.1, 0.15) is 66.8 Å². The van der Waals surface area contributed by atoms with Crippen molar-refractivity contribution in [3.8, 4) is 5.75 Å². The van der Waals surface area contributed by atoms with Gasteiger partial charge in [-0.2, -0.15) is 5.10 Å². The van der Waals surface area contributed by atoms with Gasteiger partial charge < -0.3 is 14.5 Å². The number of benzene rings is 1. The fraction of sp³-hybridized carbons (Fsp3) is 0.500. The zero-order valence-electron chi connectivity index (χ0n) is 20.6. The third-order valence-corrected chi connectivity index (χ3v) is 7.87. The summed E-state index contributed by atoms with van der Waals surface area (Å²) in [5.41, 5.74) is 3.63. The zero-order valence-corrected chi connectivity index (χ0v) is 21.3. The molecule has 9 heteroatoms. The number of carbonyl (C=O) groups excluding carboxylic acids is 1. The average molecular weight is 500 g/mol. The number of amides is 1. The maximum atomic E-state index is 14.1. The Morgan fingerprint density at radius 2 is 1.89 bits per heavy atom. The van der Waals surface area contributed by atoms with E-state index in [0.717, 1.165) is 29.8 Å². The first kappa shape index (κ1) is 24.0. The lowest BCUT2D eigenvalue weighted by Gasteiger charge is -2.36. The summed E-state index contributed by atoms with van der Waals surface area (Å²) < 4.78 is 22.1. The average Bonchev–Trinajstić information content (AvgIpc) is 3.46. The van der Waals surface area contributed by atoms with Crippen molar-refractivity contribution in [2.45, 2.75) is 77.7 Å². The van der Waals surface area contributed by atoms with Crippen molar-refractivity contribution >= 4 is 23.2 Å². The number of aromatic nitrogens is 3. The fourth-order valence-corrected chi connectivity index (χ4v) is 5.73. The van der Waals surface area contributed by atoms with Gasteiger partial charge in [-0.1, -0.05) is 25.4 Å². The van der Waals surface area contributed by atoms with Crippen molar-refractivity contribution < 1.29 is 13.9 Å². The molecule has 2 saturated heterocycles. The Bertz CT molecular complexity index is 1260. The van der Waals surface area contributed by atoms with Crippen LogP contribution in [0.5, 0.6) is 5.75 Å². The third kappa shape index (κ3) is 4.16. The van der Waals surface area contributed by atoms with Gasteiger partial charge in [-0.05, 0) is 51.8 Å². The molecule has 3 aliphatic heterocycles. The van der Waals surface area contributed by atoms with Gasteiger partial charge in [-0.3, -0.25) is 4.79 Å². The second-order valence-corrected chi connectivity index (χ2v) is 9.82. The van der Waals surface area contributed by atoms with Gasteiger partial charge in [0.05, 0.1) is 35.1 Å². The highest BCUT2D eigenvalue weighted by atomic mass is 35.5. The molecule has 1 unspecified atom stereocenters. The molecule has 3 aromatic rings. The minimum atomic E-state index is -0.406. The Balaban J connectivity index is 0.00000124. The minimum absolute atomic E-state index is 0.0102. The van der Waals surface area contributed by atoms with E-state index in [1.165, 1.54) is 31.0 Å². The van der Waals surface area contributed by atoms with E-state index in [4.69, 9.17) is 16.3 Å². The maximum absolute atomic E-state index is 14.1. The van der Waals surface area contributed by atoms with Crippen molar-refractivity contribution in [2.24, 2.45) is 0 Å². The van der Waals surface area contributed by atoms with Crippen LogP contribution in [0, 0.1) is 12.7 Å². The van der Waals surface area contributed by atoms with Crippen LogP contribution in [-0.2, 0) is 13.1 Å². The van der Waals surface area contributed by atoms with Crippen molar-refractivity contribution in [1.29, 1.82) is 0 Å². The minimum Gasteiger partial charge on any atom is -0.489 e. The molecule has 35 heavy (non-hydrogen) atoms. The van der Waals surface area contributed by atoms with Gasteiger partial charge in [0.15, 0.2) is 5.65 Å². The van der Waals surface area contributed by atoms with Crippen LogP contribution in [0.25, 0.3) is 5.65 Å². The van der Waals surface area contributed by atoms with Gasteiger partial charge in [0, 0.05) is 29.9 Å². The normalized spacial score (nSPS) is 23.3. The number of hydrogen-bond acceptors (Lipinski definition) is 5. The second-order valence-electron chi connectivity index (χ2n) is 9.42. The van der Waals surface area contributed by atoms with Gasteiger partial charge in [0.1, 0.15) is 17.7 Å². The Hall–Kier alpha value is -2.71. The van der Waals surface area contributed by atoms with Crippen molar-refractivity contribution in [3.05, 3.63) is 57.8 Å². The number of hydrogen-bond donors (Lipinski definition) is 0. The number of fused-ring (bicyclic) bond motifs is 5. The molecule has 5 heterocycles. The molecule has 6 rings (SSSR count). The predicted molar refractivity (Wildman–Crippen MR) is 132 cm³/mol. The summed E-state index contributed by atoms with van der Waals surface area (Å²) in [5.74, 6) is -0.271. The van der Waals surface area contributed by atoms with Crippen LogP contribution in [0.2, 0.25) is 5.02 Å². The molecule has 3 atom stereocenters. The van der Waals surface area contributed by atoms with Gasteiger partial charge in [0.25, 0.3) is 5.91 Å². The molecule has 1 amide bonds. The molecule has 2 fully saturated rings. The van der Waals surface area contributed by atoms with Crippen LogP contribution in [0.15, 0.2) is 24.4 Å². The van der Waals surface area contributed by atoms with E-state index in [1.807, 2.05) is 20.8 Å². The van der Waals surface area contributed by atoms with Gasteiger partial charge in [-0.25, -0.2) is 13.9 Å². The lowest BCUT2D eigenvalue weighted by Crippen LogP contribution is -2.44. The summed E-state index contributed by atoms with van der Waals surface area (Å²) >= 11 is 6.17. The van der Waals surface area contributed by atoms with E-state index in [2.05, 4.69) is 22.0 Å². The maximum Gasteiger partial charge on any atom is 0.258 e. The number of ether oxygens (including phenoxy) is 1. The molecule has 0 N–H and O–H groups in total. The smallest absolute Gasteiger partial charge is 0.258 e. The molecule has 1 aromatic carbocycles. The van der Waals surface area contributed by atoms with Crippen molar-refractivity contribution in [1.82, 2.24) is 24.4 Å². The van der Waals surface area contributed by atoms with E-state index in [0.29, 0.717) is 47.2 Å². The van der Waals surface area contributed by atoms with Crippen molar-refractivity contribution in [3.63, 3.8) is 0 Å². The molecule has 7 nitrogen and oxygen atoms in total. The van der Waals surface area contributed by atoms with E-state index in [-0.39, 0.29) is 12.0 Å². The molecule has 0 aliphatic carbocycles. The lowest BCUT2D eigenvalue weighted by molar-refractivity contribution is 0.0622. The lowest BCUT2D eigenvalue weighted by atomic mass is 10.0. The summed E-state index contributed by atoms with van der Waals surface area (Å²) in [6, 6.07) is 5.18. The number of piperidine rings is 1. The standard InChI is InChI=1S/C24H25ClFN5O2.C2H6/c1-13-20(25)10-27-23-19-11-30(12-21(19)28-31(13)23)24(32)18-6-3-14(26)7-22(18)33-17-8-15-4-5-16(9-17)29(15)2;1-2/h3,6-7,10,15-17H,4-5,8-9,11-12H2,1-2H3;1-2H3/t15-,16+,17?;. The molecule has 186 valence electrons. The predicted octanol–water partition coefficient (Wildman–Crippen LogP) is 5.02. The fourth-order valence-electron chi connectivity index (χ4n) is 5.60. The molecule has 2 aromatic heterocycles. The number of carbonyl (C=O) groups is 1. The van der Waals surface area contributed by atoms with Crippen LogP contribution in [0.4, 0.5) is 4.39 Å². The highest BCUT2D eigenvalue weighted by Crippen LogP contribution is 2.37. The van der Waals surface area contributed by atoms with E-state index in [9.17, 15) is 9.18 Å². The monoisotopic (exact) mass is 499 g/mol. The molecular formula is C26H31ClFN5O2. The second kappa shape index (κ2) is 9.39. The summed E-state index contributed by atoms with van der Waals surface area (Å²) in [6.07, 6.45) is 5.74. The quantitative estimate of drug-likeness (QED) is 0.506. The number of nitrogens with zero attached hydrogens (tertiary/aromatic N) is 5. The van der Waals surface area contributed by atoms with E-state index in [1.54, 1.807) is 15.6 Å². The highest BCUT2D eigenvalue weighted by molar-refractivity contribution is 6.31. The topological polar surface area (TPSA) is 63.0 Å². The number of aryl methyl sites for hydroxylation is 1. The van der Waals surface area contributed by atoms with E-state index >= 15 is 0 Å². The van der Waals surface area contributed by atoms with Crippen molar-refractivity contribution in [2.75, 3.05) is 7.05 Å². The third-order valence-electron chi connectivity index (χ3n) is 7.50. The highest BCUT2D eigenvalue weighted by Gasteiger charge is 2.40.